The van der Waals surface area contributed by atoms with Crippen molar-refractivity contribution in [3.05, 3.63) is 47.5 Å². The van der Waals surface area contributed by atoms with Crippen LogP contribution in [0.5, 0.6) is 5.75 Å². The van der Waals surface area contributed by atoms with E-state index in [0.717, 1.165) is 42.8 Å². The highest BCUT2D eigenvalue weighted by Gasteiger charge is 2.41. The largest absolute Gasteiger partial charge is 0.497 e. The van der Waals surface area contributed by atoms with Gasteiger partial charge >= 0.3 is 0 Å². The standard InChI is InChI=1S/C23H31N5O3/c1-31-18-5-2-17(3-6-18)4-7-20(29)24-12-9-21(30)28-14-10-23(11-15-28)22-19(8-13-27-23)25-16-26-22/h2-3,5-6,16,27H,4,7-15H2,1H3,(H,24,29)(H,25,26). The molecule has 0 radical (unpaired) electrons. The number of imidazole rings is 1. The number of aromatic nitrogens is 2. The number of amides is 2. The molecule has 8 nitrogen and oxygen atoms in total. The SMILES string of the molecule is COc1ccc(CCC(=O)NCCC(=O)N2CCC3(CC2)NCCc2[nH]cnc23)cc1. The number of hydrogen-bond donors (Lipinski definition) is 3. The van der Waals surface area contributed by atoms with Crippen LogP contribution in [-0.4, -0.2) is 60.0 Å². The lowest BCUT2D eigenvalue weighted by molar-refractivity contribution is -0.133. The van der Waals surface area contributed by atoms with Gasteiger partial charge in [-0.1, -0.05) is 12.1 Å². The van der Waals surface area contributed by atoms with Crippen LogP contribution in [0.2, 0.25) is 0 Å². The van der Waals surface area contributed by atoms with E-state index >= 15 is 0 Å². The fraction of sp³-hybridized carbons (Fsp3) is 0.522. The number of likely N-dealkylation sites (tertiary alicyclic amines) is 1. The summed E-state index contributed by atoms with van der Waals surface area (Å²) in [6, 6.07) is 7.71. The summed E-state index contributed by atoms with van der Waals surface area (Å²) in [5.41, 5.74) is 3.32. The van der Waals surface area contributed by atoms with Gasteiger partial charge in [0.2, 0.25) is 11.8 Å². The van der Waals surface area contributed by atoms with E-state index in [0.29, 0.717) is 38.9 Å². The Morgan fingerprint density at radius 2 is 1.97 bits per heavy atom. The molecule has 2 aliphatic rings. The molecule has 2 aromatic rings. The quantitative estimate of drug-likeness (QED) is 0.625. The lowest BCUT2D eigenvalue weighted by Gasteiger charge is -2.44. The summed E-state index contributed by atoms with van der Waals surface area (Å²) in [5, 5.41) is 6.52. The number of fused-ring (bicyclic) bond motifs is 2. The summed E-state index contributed by atoms with van der Waals surface area (Å²) in [6.45, 7) is 2.74. The van der Waals surface area contributed by atoms with E-state index in [4.69, 9.17) is 4.74 Å². The van der Waals surface area contributed by atoms with Gasteiger partial charge in [-0.2, -0.15) is 0 Å². The molecule has 0 atom stereocenters. The van der Waals surface area contributed by atoms with Crippen LogP contribution < -0.4 is 15.4 Å². The number of nitrogens with zero attached hydrogens (tertiary/aromatic N) is 2. The first-order chi connectivity index (χ1) is 15.1. The summed E-state index contributed by atoms with van der Waals surface area (Å²) in [4.78, 5) is 34.4. The molecular weight excluding hydrogens is 394 g/mol. The number of hydrogen-bond acceptors (Lipinski definition) is 5. The van der Waals surface area contributed by atoms with Crippen molar-refractivity contribution in [2.24, 2.45) is 0 Å². The molecule has 31 heavy (non-hydrogen) atoms. The van der Waals surface area contributed by atoms with Gasteiger partial charge in [-0.25, -0.2) is 4.98 Å². The second-order valence-electron chi connectivity index (χ2n) is 8.32. The smallest absolute Gasteiger partial charge is 0.224 e. The van der Waals surface area contributed by atoms with Gasteiger partial charge in [-0.15, -0.1) is 0 Å². The van der Waals surface area contributed by atoms with Crippen LogP contribution in [0, 0.1) is 0 Å². The Kier molecular flexibility index (Phi) is 6.56. The van der Waals surface area contributed by atoms with Crippen molar-refractivity contribution in [2.45, 2.75) is 44.1 Å². The predicted octanol–water partition coefficient (Wildman–Crippen LogP) is 1.52. The van der Waals surface area contributed by atoms with E-state index in [9.17, 15) is 9.59 Å². The summed E-state index contributed by atoms with van der Waals surface area (Å²) in [6.07, 6.45) is 5.88. The predicted molar refractivity (Wildman–Crippen MR) is 117 cm³/mol. The maximum atomic E-state index is 12.6. The molecule has 1 fully saturated rings. The second-order valence-corrected chi connectivity index (χ2v) is 8.32. The second kappa shape index (κ2) is 9.51. The normalized spacial score (nSPS) is 17.3. The van der Waals surface area contributed by atoms with E-state index in [2.05, 4.69) is 20.6 Å². The van der Waals surface area contributed by atoms with Crippen molar-refractivity contribution in [2.75, 3.05) is 33.3 Å². The maximum Gasteiger partial charge on any atom is 0.224 e. The Balaban J connectivity index is 1.17. The Morgan fingerprint density at radius 3 is 2.71 bits per heavy atom. The van der Waals surface area contributed by atoms with E-state index in [1.54, 1.807) is 13.4 Å². The van der Waals surface area contributed by atoms with Gasteiger partial charge in [0.1, 0.15) is 5.75 Å². The van der Waals surface area contributed by atoms with Gasteiger partial charge in [0.15, 0.2) is 0 Å². The molecule has 3 heterocycles. The van der Waals surface area contributed by atoms with Crippen LogP contribution in [-0.2, 0) is 28.0 Å². The van der Waals surface area contributed by atoms with E-state index in [1.807, 2.05) is 29.2 Å². The Labute approximate surface area is 182 Å². The first kappa shape index (κ1) is 21.4. The molecule has 1 aromatic heterocycles. The van der Waals surface area contributed by atoms with Crippen LogP contribution in [0.4, 0.5) is 0 Å². The van der Waals surface area contributed by atoms with Crippen molar-refractivity contribution in [3.63, 3.8) is 0 Å². The van der Waals surface area contributed by atoms with E-state index in [1.165, 1.54) is 5.69 Å². The minimum atomic E-state index is -0.111. The molecule has 1 spiro atoms. The molecule has 1 aromatic carbocycles. The lowest BCUT2D eigenvalue weighted by atomic mass is 9.80. The first-order valence-corrected chi connectivity index (χ1v) is 11.0. The topological polar surface area (TPSA) is 99.4 Å². The number of piperidine rings is 1. The zero-order valence-electron chi connectivity index (χ0n) is 18.1. The number of methoxy groups -OCH3 is 1. The maximum absolute atomic E-state index is 12.6. The van der Waals surface area contributed by atoms with Gasteiger partial charge in [-0.3, -0.25) is 9.59 Å². The Hall–Kier alpha value is -2.87. The fourth-order valence-corrected chi connectivity index (χ4v) is 4.59. The van der Waals surface area contributed by atoms with Gasteiger partial charge in [-0.05, 0) is 37.0 Å². The third-order valence-corrected chi connectivity index (χ3v) is 6.44. The number of aromatic amines is 1. The fourth-order valence-electron chi connectivity index (χ4n) is 4.59. The molecule has 2 amide bonds. The molecule has 1 saturated heterocycles. The van der Waals surface area contributed by atoms with E-state index < -0.39 is 0 Å². The van der Waals surface area contributed by atoms with Crippen LogP contribution in [0.1, 0.15) is 42.6 Å². The number of rotatable bonds is 7. The molecule has 0 bridgehead atoms. The van der Waals surface area contributed by atoms with E-state index in [-0.39, 0.29) is 17.4 Å². The minimum Gasteiger partial charge on any atom is -0.497 e. The Morgan fingerprint density at radius 1 is 1.19 bits per heavy atom. The van der Waals surface area contributed by atoms with Crippen molar-refractivity contribution >= 4 is 11.8 Å². The number of benzene rings is 1. The Bertz CT molecular complexity index is 900. The highest BCUT2D eigenvalue weighted by Crippen LogP contribution is 2.35. The highest BCUT2D eigenvalue weighted by atomic mass is 16.5. The van der Waals surface area contributed by atoms with Crippen molar-refractivity contribution in [3.8, 4) is 5.75 Å². The van der Waals surface area contributed by atoms with Crippen LogP contribution >= 0.6 is 0 Å². The zero-order valence-corrected chi connectivity index (χ0v) is 18.1. The molecular formula is C23H31N5O3. The number of carbonyl (C=O) groups excluding carboxylic acids is 2. The number of H-pyrrole nitrogens is 1. The monoisotopic (exact) mass is 425 g/mol. The molecule has 2 aliphatic heterocycles. The van der Waals surface area contributed by atoms with Crippen molar-refractivity contribution < 1.29 is 14.3 Å². The third kappa shape index (κ3) is 4.90. The minimum absolute atomic E-state index is 0.0290. The number of nitrogens with one attached hydrogen (secondary N) is 3. The molecule has 0 saturated carbocycles. The first-order valence-electron chi connectivity index (χ1n) is 11.0. The summed E-state index contributed by atoms with van der Waals surface area (Å²) in [7, 11) is 1.63. The molecule has 0 unspecified atom stereocenters. The zero-order chi connectivity index (χ0) is 21.7. The van der Waals surface area contributed by atoms with Gasteiger partial charge in [0.25, 0.3) is 0 Å². The molecule has 8 heteroatoms. The summed E-state index contributed by atoms with van der Waals surface area (Å²) < 4.78 is 5.14. The van der Waals surface area contributed by atoms with Crippen molar-refractivity contribution in [1.29, 1.82) is 0 Å². The molecule has 4 rings (SSSR count). The van der Waals surface area contributed by atoms with Crippen LogP contribution in [0.3, 0.4) is 0 Å². The van der Waals surface area contributed by atoms with Crippen LogP contribution in [0.25, 0.3) is 0 Å². The summed E-state index contributed by atoms with van der Waals surface area (Å²) >= 11 is 0. The number of ether oxygens (including phenoxy) is 1. The highest BCUT2D eigenvalue weighted by molar-refractivity contribution is 5.79. The number of aryl methyl sites for hydroxylation is 1. The van der Waals surface area contributed by atoms with Crippen molar-refractivity contribution in [1.82, 2.24) is 25.5 Å². The van der Waals surface area contributed by atoms with Crippen LogP contribution in [0.15, 0.2) is 30.6 Å². The molecule has 3 N–H and O–H groups in total. The molecule has 0 aliphatic carbocycles. The van der Waals surface area contributed by atoms with Gasteiger partial charge in [0.05, 0.1) is 24.7 Å². The number of carbonyl (C=O) groups is 2. The van der Waals surface area contributed by atoms with Gasteiger partial charge < -0.3 is 25.3 Å². The average Bonchev–Trinajstić information content (AvgIpc) is 3.29. The summed E-state index contributed by atoms with van der Waals surface area (Å²) in [5.74, 6) is 0.876. The third-order valence-electron chi connectivity index (χ3n) is 6.44. The lowest BCUT2D eigenvalue weighted by Crippen LogP contribution is -2.55. The molecule has 166 valence electrons. The average molecular weight is 426 g/mol. The van der Waals surface area contributed by atoms with Gasteiger partial charge in [0, 0.05) is 51.1 Å².